The van der Waals surface area contributed by atoms with E-state index in [-0.39, 0.29) is 36.2 Å². The van der Waals surface area contributed by atoms with Gasteiger partial charge in [-0.05, 0) is 113 Å². The molecule has 12 heteroatoms. The van der Waals surface area contributed by atoms with Crippen molar-refractivity contribution in [3.05, 3.63) is 12.2 Å². The summed E-state index contributed by atoms with van der Waals surface area (Å²) >= 11 is 0. The lowest BCUT2D eigenvalue weighted by molar-refractivity contribution is -0.265. The Balaban J connectivity index is 1.55. The van der Waals surface area contributed by atoms with Gasteiger partial charge in [0.05, 0.1) is 12.2 Å². The summed E-state index contributed by atoms with van der Waals surface area (Å²) in [6.07, 6.45) is 5.19. The second kappa shape index (κ2) is 10.9. The van der Waals surface area contributed by atoms with Crippen LogP contribution in [0.5, 0.6) is 0 Å². The van der Waals surface area contributed by atoms with E-state index in [1.165, 1.54) is 0 Å². The van der Waals surface area contributed by atoms with Gasteiger partial charge < -0.3 is 10.2 Å². The van der Waals surface area contributed by atoms with Crippen LogP contribution in [0.15, 0.2) is 12.2 Å². The minimum Gasteiger partial charge on any atom is -0.387 e. The van der Waals surface area contributed by atoms with Crippen molar-refractivity contribution >= 4 is 20.8 Å². The fraction of sp³-hybridized carbons (Fsp3) is 0.926. The molecule has 4 aliphatic rings. The first kappa shape index (κ1) is 31.3. The normalized spacial score (nSPS) is 43.3. The van der Waals surface area contributed by atoms with E-state index < -0.39 is 44.0 Å². The molecule has 0 spiro atoms. The Labute approximate surface area is 233 Å². The molecule has 4 fully saturated rings. The lowest BCUT2D eigenvalue weighted by Gasteiger charge is -2.65. The van der Waals surface area contributed by atoms with Gasteiger partial charge in [0, 0.05) is 5.41 Å². The van der Waals surface area contributed by atoms with E-state index in [2.05, 4.69) is 13.5 Å². The van der Waals surface area contributed by atoms with Crippen molar-refractivity contribution in [2.75, 3.05) is 6.61 Å². The second-order valence-electron chi connectivity index (χ2n) is 13.4. The van der Waals surface area contributed by atoms with Crippen LogP contribution >= 0.6 is 0 Å². The maximum atomic E-state index is 11.8. The minimum atomic E-state index is -4.76. The third-order valence-corrected chi connectivity index (χ3v) is 12.3. The van der Waals surface area contributed by atoms with E-state index in [0.717, 1.165) is 50.5 Å². The molecular formula is C27H46O10S2. The second-order valence-corrected chi connectivity index (χ2v) is 15.5. The summed E-state index contributed by atoms with van der Waals surface area (Å²) in [4.78, 5) is 0. The highest BCUT2D eigenvalue weighted by atomic mass is 32.3. The smallest absolute Gasteiger partial charge is 0.387 e. The number of aliphatic hydroxyl groups is 2. The van der Waals surface area contributed by atoms with E-state index in [1.807, 2.05) is 13.8 Å². The highest BCUT2D eigenvalue weighted by Gasteiger charge is 2.67. The van der Waals surface area contributed by atoms with Crippen molar-refractivity contribution in [3.63, 3.8) is 0 Å². The largest absolute Gasteiger partial charge is 0.397 e. The number of hydrogen-bond donors (Lipinski definition) is 4. The summed E-state index contributed by atoms with van der Waals surface area (Å²) in [7, 11) is -9.30. The zero-order valence-electron chi connectivity index (χ0n) is 23.3. The third kappa shape index (κ3) is 6.00. The molecule has 0 aromatic carbocycles. The summed E-state index contributed by atoms with van der Waals surface area (Å²) in [6.45, 7) is 10.2. The van der Waals surface area contributed by atoms with E-state index in [9.17, 15) is 36.2 Å². The monoisotopic (exact) mass is 594 g/mol. The number of fused-ring (bicyclic) bond motifs is 5. The van der Waals surface area contributed by atoms with Crippen LogP contribution in [0.25, 0.3) is 0 Å². The van der Waals surface area contributed by atoms with Crippen LogP contribution in [0, 0.1) is 40.4 Å². The molecule has 0 aromatic heterocycles. The van der Waals surface area contributed by atoms with Crippen molar-refractivity contribution in [1.29, 1.82) is 0 Å². The van der Waals surface area contributed by atoms with E-state index in [0.29, 0.717) is 31.1 Å². The Bertz CT molecular complexity index is 1140. The van der Waals surface area contributed by atoms with Crippen molar-refractivity contribution in [2.45, 2.75) is 109 Å². The highest BCUT2D eigenvalue weighted by Crippen LogP contribution is 2.69. The van der Waals surface area contributed by atoms with Crippen LogP contribution in [0.2, 0.25) is 0 Å². The third-order valence-electron chi connectivity index (χ3n) is 11.4. The van der Waals surface area contributed by atoms with Gasteiger partial charge in [0.1, 0.15) is 12.2 Å². The lowest BCUT2D eigenvalue weighted by atomic mass is 9.42. The van der Waals surface area contributed by atoms with E-state index in [4.69, 9.17) is 8.37 Å². The fourth-order valence-electron chi connectivity index (χ4n) is 9.58. The number of allylic oxidation sites excluding steroid dienone is 1. The first-order valence-corrected chi connectivity index (χ1v) is 17.0. The molecule has 4 saturated carbocycles. The van der Waals surface area contributed by atoms with Gasteiger partial charge in [0.15, 0.2) is 0 Å². The predicted molar refractivity (Wildman–Crippen MR) is 144 cm³/mol. The number of rotatable bonds is 10. The summed E-state index contributed by atoms with van der Waals surface area (Å²) in [5.74, 6) is 1.01. The van der Waals surface area contributed by atoms with E-state index in [1.54, 1.807) is 0 Å². The fourth-order valence-corrected chi connectivity index (χ4v) is 10.4. The molecule has 4 aliphatic carbocycles. The summed E-state index contributed by atoms with van der Waals surface area (Å²) in [6, 6.07) is 0. The Morgan fingerprint density at radius 2 is 1.67 bits per heavy atom. The Hall–Kier alpha value is -0.600. The topological polar surface area (TPSA) is 168 Å². The van der Waals surface area contributed by atoms with Crippen LogP contribution in [-0.4, -0.2) is 60.6 Å². The Kier molecular flexibility index (Phi) is 8.77. The van der Waals surface area contributed by atoms with E-state index >= 15 is 0 Å². The van der Waals surface area contributed by atoms with Crippen LogP contribution in [-0.2, 0) is 29.2 Å². The Morgan fingerprint density at radius 1 is 0.974 bits per heavy atom. The van der Waals surface area contributed by atoms with Crippen molar-refractivity contribution in [3.8, 4) is 0 Å². The van der Waals surface area contributed by atoms with Gasteiger partial charge in [-0.3, -0.25) is 9.11 Å². The molecule has 226 valence electrons. The molecule has 0 aromatic rings. The molecular weight excluding hydrogens is 548 g/mol. The molecule has 10 atom stereocenters. The standard InChI is InChI=1S/C27H46O10S2/c1-17(2)6-5-7-18(16-36-38(30,31)32)20-8-9-21-19-10-15-27(29)24(28)23(37-39(33,34)35)12-14-26(27,4)22(19)11-13-25(20,21)3/h18-24,28-29H,1,5-16H2,2-4H3,(H,30,31,32)(H,33,34,35). The van der Waals surface area contributed by atoms with Gasteiger partial charge in [0.25, 0.3) is 0 Å². The molecule has 0 radical (unpaired) electrons. The highest BCUT2D eigenvalue weighted by molar-refractivity contribution is 7.81. The Morgan fingerprint density at radius 3 is 2.28 bits per heavy atom. The molecule has 10 nitrogen and oxygen atoms in total. The van der Waals surface area contributed by atoms with Crippen LogP contribution in [0.3, 0.4) is 0 Å². The first-order chi connectivity index (χ1) is 17.9. The quantitative estimate of drug-likeness (QED) is 0.213. The molecule has 0 bridgehead atoms. The van der Waals surface area contributed by atoms with Gasteiger partial charge in [0.2, 0.25) is 0 Å². The molecule has 4 rings (SSSR count). The molecule has 10 unspecified atom stereocenters. The average molecular weight is 595 g/mol. The summed E-state index contributed by atoms with van der Waals surface area (Å²) < 4.78 is 73.7. The maximum Gasteiger partial charge on any atom is 0.397 e. The maximum absolute atomic E-state index is 11.8. The van der Waals surface area contributed by atoms with Gasteiger partial charge in [-0.25, -0.2) is 8.37 Å². The first-order valence-electron chi connectivity index (χ1n) is 14.2. The van der Waals surface area contributed by atoms with Crippen LogP contribution in [0.1, 0.15) is 91.4 Å². The van der Waals surface area contributed by atoms with Gasteiger partial charge in [-0.15, -0.1) is 6.58 Å². The minimum absolute atomic E-state index is 0.0243. The molecule has 4 N–H and O–H groups in total. The van der Waals surface area contributed by atoms with Crippen molar-refractivity contribution in [2.24, 2.45) is 40.4 Å². The SMILES string of the molecule is C=C(C)CCCC(COS(=O)(=O)O)C1CCC2C3CCC4(O)C(O)C(OS(=O)(=O)O)CCC4(C)C3CCC12C. The van der Waals surface area contributed by atoms with Gasteiger partial charge >= 0.3 is 20.8 Å². The lowest BCUT2D eigenvalue weighted by Crippen LogP contribution is -2.69. The molecule has 0 heterocycles. The predicted octanol–water partition coefficient (Wildman–Crippen LogP) is 4.10. The molecule has 39 heavy (non-hydrogen) atoms. The molecule has 0 amide bonds. The van der Waals surface area contributed by atoms with Crippen LogP contribution in [0.4, 0.5) is 0 Å². The zero-order valence-corrected chi connectivity index (χ0v) is 24.9. The van der Waals surface area contributed by atoms with Crippen molar-refractivity contribution < 1.29 is 44.5 Å². The van der Waals surface area contributed by atoms with Gasteiger partial charge in [-0.2, -0.15) is 16.8 Å². The molecule has 0 saturated heterocycles. The van der Waals surface area contributed by atoms with Crippen molar-refractivity contribution in [1.82, 2.24) is 0 Å². The van der Waals surface area contributed by atoms with Gasteiger partial charge in [-0.1, -0.05) is 19.4 Å². The summed E-state index contributed by atoms with van der Waals surface area (Å²) in [5, 5.41) is 22.9. The summed E-state index contributed by atoms with van der Waals surface area (Å²) in [5.41, 5.74) is -1.14. The number of hydrogen-bond acceptors (Lipinski definition) is 8. The van der Waals surface area contributed by atoms with Crippen LogP contribution < -0.4 is 0 Å². The number of aliphatic hydroxyl groups excluding tert-OH is 1. The average Bonchev–Trinajstić information content (AvgIpc) is 3.15. The zero-order chi connectivity index (χ0) is 29.0. The molecule has 0 aliphatic heterocycles.